The van der Waals surface area contributed by atoms with Gasteiger partial charge in [-0.15, -0.1) is 0 Å². The molecule has 0 saturated heterocycles. The maximum atomic E-state index is 13.5. The molecule has 0 aromatic heterocycles. The van der Waals surface area contributed by atoms with Crippen molar-refractivity contribution < 1.29 is 41.8 Å². The Labute approximate surface area is 215 Å². The molecule has 2 N–H and O–H groups in total. The van der Waals surface area contributed by atoms with Crippen LogP contribution in [-0.2, 0) is 6.18 Å². The molecule has 4 aromatic carbocycles. The molecule has 0 unspecified atom stereocenters. The van der Waals surface area contributed by atoms with E-state index < -0.39 is 35.3 Å². The van der Waals surface area contributed by atoms with Crippen LogP contribution in [0.2, 0.25) is 0 Å². The highest BCUT2D eigenvalue weighted by atomic mass is 19.4. The Morgan fingerprint density at radius 2 is 1.21 bits per heavy atom. The molecule has 198 valence electrons. The van der Waals surface area contributed by atoms with Gasteiger partial charge in [0.25, 0.3) is 0 Å². The molecule has 4 aromatic rings. The molecule has 0 aliphatic carbocycles. The van der Waals surface area contributed by atoms with Gasteiger partial charge in [-0.1, -0.05) is 56.3 Å². The van der Waals surface area contributed by atoms with Crippen molar-refractivity contribution in [1.82, 2.24) is 0 Å². The molecule has 0 aliphatic rings. The van der Waals surface area contributed by atoms with E-state index in [0.29, 0.717) is 17.2 Å². The summed E-state index contributed by atoms with van der Waals surface area (Å²) in [7, 11) is 0. The number of hydrogen-bond acceptors (Lipinski definition) is 2. The number of rotatable bonds is 4. The molecule has 4 rings (SSSR count). The lowest BCUT2D eigenvalue weighted by Crippen LogP contribution is -2.08. The van der Waals surface area contributed by atoms with Gasteiger partial charge in [0.05, 0.1) is 16.7 Å². The Hall–Kier alpha value is -4.53. The first-order valence-electron chi connectivity index (χ1n) is 11.3. The summed E-state index contributed by atoms with van der Waals surface area (Å²) in [6.07, 6.45) is -4.57. The minimum Gasteiger partial charge on any atom is -0.478 e. The molecule has 38 heavy (non-hydrogen) atoms. The Kier molecular flexibility index (Phi) is 10.3. The molecular weight excluding hydrogens is 507 g/mol. The Balaban J connectivity index is 0.000000252. The van der Waals surface area contributed by atoms with Crippen molar-refractivity contribution in [2.24, 2.45) is 0 Å². The first kappa shape index (κ1) is 29.7. The lowest BCUT2D eigenvalue weighted by molar-refractivity contribution is -0.137. The minimum atomic E-state index is -4.57. The van der Waals surface area contributed by atoms with E-state index in [0.717, 1.165) is 18.2 Å². The predicted molar refractivity (Wildman–Crippen MR) is 134 cm³/mol. The molecule has 0 aliphatic heterocycles. The number of benzene rings is 4. The Bertz CT molecular complexity index is 1400. The minimum absolute atomic E-state index is 0.0613. The highest BCUT2D eigenvalue weighted by Crippen LogP contribution is 2.33. The number of hydrogen-bond donors (Lipinski definition) is 2. The van der Waals surface area contributed by atoms with Crippen LogP contribution >= 0.6 is 0 Å². The van der Waals surface area contributed by atoms with E-state index in [1.54, 1.807) is 36.4 Å². The van der Waals surface area contributed by atoms with Crippen LogP contribution in [0.5, 0.6) is 0 Å². The molecule has 0 saturated carbocycles. The highest BCUT2D eigenvalue weighted by Gasteiger charge is 2.31. The van der Waals surface area contributed by atoms with E-state index in [4.69, 9.17) is 10.2 Å². The molecule has 0 spiro atoms. The normalized spacial score (nSPS) is 10.4. The number of carboxylic acids is 2. The zero-order chi connectivity index (χ0) is 28.5. The van der Waals surface area contributed by atoms with Gasteiger partial charge in [-0.05, 0) is 59.2 Å². The quantitative estimate of drug-likeness (QED) is 0.260. The van der Waals surface area contributed by atoms with E-state index in [2.05, 4.69) is 0 Å². The monoisotopic (exact) mass is 530 g/mol. The lowest BCUT2D eigenvalue weighted by atomic mass is 9.99. The van der Waals surface area contributed by atoms with E-state index in [9.17, 15) is 31.5 Å². The van der Waals surface area contributed by atoms with Crippen LogP contribution in [-0.4, -0.2) is 22.2 Å². The average Bonchev–Trinajstić information content (AvgIpc) is 2.90. The Morgan fingerprint density at radius 1 is 0.632 bits per heavy atom. The van der Waals surface area contributed by atoms with Gasteiger partial charge in [-0.2, -0.15) is 13.2 Å². The maximum Gasteiger partial charge on any atom is 0.416 e. The molecule has 0 fully saturated rings. The van der Waals surface area contributed by atoms with Gasteiger partial charge in [-0.25, -0.2) is 18.4 Å². The van der Waals surface area contributed by atoms with Gasteiger partial charge in [-0.3, -0.25) is 0 Å². The summed E-state index contributed by atoms with van der Waals surface area (Å²) in [4.78, 5) is 21.7. The van der Waals surface area contributed by atoms with E-state index in [-0.39, 0.29) is 22.3 Å². The number of carbonyl (C=O) groups is 2. The van der Waals surface area contributed by atoms with Crippen molar-refractivity contribution in [3.8, 4) is 22.3 Å². The van der Waals surface area contributed by atoms with Crippen molar-refractivity contribution in [2.45, 2.75) is 20.0 Å². The number of halogens is 5. The maximum absolute atomic E-state index is 13.5. The summed E-state index contributed by atoms with van der Waals surface area (Å²) < 4.78 is 64.4. The summed E-state index contributed by atoms with van der Waals surface area (Å²) in [5.41, 5.74) is 0.0620. The van der Waals surface area contributed by atoms with Crippen molar-refractivity contribution >= 4 is 11.9 Å². The van der Waals surface area contributed by atoms with Gasteiger partial charge in [0.2, 0.25) is 0 Å². The van der Waals surface area contributed by atoms with Crippen molar-refractivity contribution in [3.63, 3.8) is 0 Å². The molecular formula is C29H23F5O4. The van der Waals surface area contributed by atoms with Crippen LogP contribution in [0.4, 0.5) is 22.0 Å². The van der Waals surface area contributed by atoms with Crippen LogP contribution in [0.3, 0.4) is 0 Å². The third-order valence-corrected chi connectivity index (χ3v) is 4.97. The summed E-state index contributed by atoms with van der Waals surface area (Å²) in [6, 6.07) is 20.2. The van der Waals surface area contributed by atoms with Gasteiger partial charge in [0, 0.05) is 11.6 Å². The van der Waals surface area contributed by atoms with Gasteiger partial charge >= 0.3 is 18.1 Å². The molecule has 0 bridgehead atoms. The Morgan fingerprint density at radius 3 is 1.76 bits per heavy atom. The molecule has 9 heteroatoms. The second-order valence-corrected chi connectivity index (χ2v) is 7.48. The standard InChI is InChI=1S/C14H9F3O2.C13H8F2O2.C2H6/c15-14(16,17)12-7-10(6-11(8-12)13(18)19)9-4-2-1-3-5-9;14-10-4-5-11(12(15)7-10)8-2-1-3-9(6-8)13(16)17;1-2/h1-8H,(H,18,19);1-7H,(H,16,17);1-2H3. The largest absolute Gasteiger partial charge is 0.478 e. The molecule has 0 heterocycles. The SMILES string of the molecule is CC.O=C(O)c1cc(-c2ccccc2)cc(C(F)(F)F)c1.O=C(O)c1cccc(-c2ccc(F)cc2F)c1. The van der Waals surface area contributed by atoms with Crippen LogP contribution in [0.25, 0.3) is 22.3 Å². The number of alkyl halides is 3. The number of aromatic carboxylic acids is 2. The summed E-state index contributed by atoms with van der Waals surface area (Å²) in [6.45, 7) is 4.00. The summed E-state index contributed by atoms with van der Waals surface area (Å²) in [5, 5.41) is 17.7. The molecule has 0 radical (unpaired) electrons. The second-order valence-electron chi connectivity index (χ2n) is 7.48. The van der Waals surface area contributed by atoms with Crippen molar-refractivity contribution in [3.05, 3.63) is 119 Å². The van der Waals surface area contributed by atoms with E-state index in [1.807, 2.05) is 13.8 Å². The molecule has 4 nitrogen and oxygen atoms in total. The van der Waals surface area contributed by atoms with Crippen LogP contribution in [0.1, 0.15) is 40.1 Å². The van der Waals surface area contributed by atoms with Crippen molar-refractivity contribution in [2.75, 3.05) is 0 Å². The third kappa shape index (κ3) is 7.99. The fourth-order valence-corrected chi connectivity index (χ4v) is 3.26. The average molecular weight is 530 g/mol. The first-order valence-corrected chi connectivity index (χ1v) is 11.3. The second kappa shape index (κ2) is 13.1. The van der Waals surface area contributed by atoms with Gasteiger partial charge in [0.1, 0.15) is 11.6 Å². The van der Waals surface area contributed by atoms with Crippen LogP contribution < -0.4 is 0 Å². The molecule has 0 atom stereocenters. The zero-order valence-corrected chi connectivity index (χ0v) is 20.3. The highest BCUT2D eigenvalue weighted by molar-refractivity contribution is 5.90. The smallest absolute Gasteiger partial charge is 0.416 e. The topological polar surface area (TPSA) is 74.6 Å². The predicted octanol–water partition coefficient (Wildman–Crippen LogP) is 8.43. The van der Waals surface area contributed by atoms with E-state index >= 15 is 0 Å². The zero-order valence-electron chi connectivity index (χ0n) is 20.3. The fourth-order valence-electron chi connectivity index (χ4n) is 3.26. The van der Waals surface area contributed by atoms with E-state index in [1.165, 1.54) is 30.3 Å². The summed E-state index contributed by atoms with van der Waals surface area (Å²) in [5.74, 6) is -3.86. The van der Waals surface area contributed by atoms with Gasteiger partial charge in [0.15, 0.2) is 0 Å². The van der Waals surface area contributed by atoms with Gasteiger partial charge < -0.3 is 10.2 Å². The summed E-state index contributed by atoms with van der Waals surface area (Å²) >= 11 is 0. The van der Waals surface area contributed by atoms with Crippen LogP contribution in [0.15, 0.2) is 91.0 Å². The molecule has 0 amide bonds. The fraction of sp³-hybridized carbons (Fsp3) is 0.103. The third-order valence-electron chi connectivity index (χ3n) is 4.97. The first-order chi connectivity index (χ1) is 18.0. The van der Waals surface area contributed by atoms with Crippen LogP contribution in [0, 0.1) is 11.6 Å². The lowest BCUT2D eigenvalue weighted by Gasteiger charge is -2.10. The number of carboxylic acid groups (broad SMARTS) is 2. The van der Waals surface area contributed by atoms with Crippen molar-refractivity contribution in [1.29, 1.82) is 0 Å².